The molecule has 1 atom stereocenters. The maximum atomic E-state index is 13.1. The number of nitrogens with one attached hydrogen (secondary N) is 1. The van der Waals surface area contributed by atoms with Crippen molar-refractivity contribution in [1.82, 2.24) is 5.32 Å². The molecule has 0 aliphatic rings. The first-order valence-corrected chi connectivity index (χ1v) is 4.72. The third-order valence-corrected chi connectivity index (χ3v) is 2.23. The lowest BCUT2D eigenvalue weighted by Crippen LogP contribution is -2.38. The van der Waals surface area contributed by atoms with Crippen molar-refractivity contribution in [3.8, 4) is 0 Å². The Hall–Kier alpha value is -1.91. The average Bonchev–Trinajstić information content (AvgIpc) is 2.21. The average molecular weight is 225 g/mol. The second-order valence-electron chi connectivity index (χ2n) is 3.45. The Morgan fingerprint density at radius 3 is 2.62 bits per heavy atom. The standard InChI is InChI=1S/C11H12FNO3/c1-6-8(4-3-5-9(6)12)10(14)13-7(2)11(15)16/h3-5,7H,1-2H3,(H,13,14)(H,15,16). The Morgan fingerprint density at radius 2 is 2.06 bits per heavy atom. The van der Waals surface area contributed by atoms with Gasteiger partial charge in [0.1, 0.15) is 11.9 Å². The van der Waals surface area contributed by atoms with Crippen LogP contribution in [-0.2, 0) is 4.79 Å². The molecule has 1 unspecified atom stereocenters. The fourth-order valence-corrected chi connectivity index (χ4v) is 1.19. The van der Waals surface area contributed by atoms with Crippen molar-refractivity contribution in [1.29, 1.82) is 0 Å². The molecule has 4 nitrogen and oxygen atoms in total. The summed E-state index contributed by atoms with van der Waals surface area (Å²) in [5, 5.41) is 10.9. The van der Waals surface area contributed by atoms with E-state index >= 15 is 0 Å². The number of benzene rings is 1. The number of carbonyl (C=O) groups excluding carboxylic acids is 1. The largest absolute Gasteiger partial charge is 0.480 e. The Balaban J connectivity index is 2.89. The lowest BCUT2D eigenvalue weighted by Gasteiger charge is -2.11. The van der Waals surface area contributed by atoms with Crippen LogP contribution >= 0.6 is 0 Å². The molecular formula is C11H12FNO3. The summed E-state index contributed by atoms with van der Waals surface area (Å²) in [6.45, 7) is 2.81. The maximum absolute atomic E-state index is 13.1. The molecule has 86 valence electrons. The quantitative estimate of drug-likeness (QED) is 0.815. The molecule has 0 aliphatic carbocycles. The third kappa shape index (κ3) is 2.56. The molecule has 1 aromatic rings. The molecule has 5 heteroatoms. The van der Waals surface area contributed by atoms with Crippen LogP contribution in [0.15, 0.2) is 18.2 Å². The molecule has 0 radical (unpaired) electrons. The van der Waals surface area contributed by atoms with Gasteiger partial charge in [0.2, 0.25) is 0 Å². The molecule has 2 N–H and O–H groups in total. The topological polar surface area (TPSA) is 66.4 Å². The van der Waals surface area contributed by atoms with Crippen LogP contribution in [-0.4, -0.2) is 23.0 Å². The minimum Gasteiger partial charge on any atom is -0.480 e. The number of halogens is 1. The highest BCUT2D eigenvalue weighted by Gasteiger charge is 2.17. The smallest absolute Gasteiger partial charge is 0.325 e. The minimum absolute atomic E-state index is 0.146. The second-order valence-corrected chi connectivity index (χ2v) is 3.45. The van der Waals surface area contributed by atoms with Gasteiger partial charge in [-0.15, -0.1) is 0 Å². The number of amides is 1. The van der Waals surface area contributed by atoms with E-state index in [9.17, 15) is 14.0 Å². The van der Waals surface area contributed by atoms with Gasteiger partial charge < -0.3 is 10.4 Å². The molecule has 1 amide bonds. The summed E-state index contributed by atoms with van der Waals surface area (Å²) < 4.78 is 13.1. The van der Waals surface area contributed by atoms with Crippen LogP contribution in [0.3, 0.4) is 0 Å². The molecule has 1 aromatic carbocycles. The van der Waals surface area contributed by atoms with Crippen molar-refractivity contribution in [2.24, 2.45) is 0 Å². The van der Waals surface area contributed by atoms with Crippen LogP contribution < -0.4 is 5.32 Å². The first-order valence-electron chi connectivity index (χ1n) is 4.72. The van der Waals surface area contributed by atoms with Gasteiger partial charge in [0.25, 0.3) is 5.91 Å². The van der Waals surface area contributed by atoms with Crippen molar-refractivity contribution in [2.75, 3.05) is 0 Å². The van der Waals surface area contributed by atoms with E-state index in [-0.39, 0.29) is 11.1 Å². The van der Waals surface area contributed by atoms with Crippen LogP contribution in [0.5, 0.6) is 0 Å². The van der Waals surface area contributed by atoms with Gasteiger partial charge in [-0.3, -0.25) is 9.59 Å². The number of hydrogen-bond acceptors (Lipinski definition) is 2. The van der Waals surface area contributed by atoms with Gasteiger partial charge in [0, 0.05) is 5.56 Å². The number of carboxylic acid groups (broad SMARTS) is 1. The highest BCUT2D eigenvalue weighted by molar-refractivity contribution is 5.97. The Labute approximate surface area is 92.1 Å². The van der Waals surface area contributed by atoms with E-state index in [1.54, 1.807) is 0 Å². The molecule has 0 spiro atoms. The van der Waals surface area contributed by atoms with Crippen LogP contribution in [0, 0.1) is 12.7 Å². The monoisotopic (exact) mass is 225 g/mol. The number of carboxylic acids is 1. The van der Waals surface area contributed by atoms with E-state index in [0.717, 1.165) is 0 Å². The van der Waals surface area contributed by atoms with E-state index in [2.05, 4.69) is 5.32 Å². The third-order valence-electron chi connectivity index (χ3n) is 2.23. The van der Waals surface area contributed by atoms with E-state index in [1.165, 1.54) is 32.0 Å². The lowest BCUT2D eigenvalue weighted by molar-refractivity contribution is -0.138. The van der Waals surface area contributed by atoms with Crippen molar-refractivity contribution in [3.63, 3.8) is 0 Å². The van der Waals surface area contributed by atoms with Gasteiger partial charge >= 0.3 is 5.97 Å². The molecule has 0 saturated heterocycles. The zero-order valence-corrected chi connectivity index (χ0v) is 8.95. The fourth-order valence-electron chi connectivity index (χ4n) is 1.19. The summed E-state index contributed by atoms with van der Waals surface area (Å²) >= 11 is 0. The predicted octanol–water partition coefficient (Wildman–Crippen LogP) is 1.34. The molecule has 0 aliphatic heterocycles. The number of rotatable bonds is 3. The molecule has 0 bridgehead atoms. The van der Waals surface area contributed by atoms with E-state index < -0.39 is 23.7 Å². The van der Waals surface area contributed by atoms with Crippen LogP contribution in [0.4, 0.5) is 4.39 Å². The highest BCUT2D eigenvalue weighted by atomic mass is 19.1. The van der Waals surface area contributed by atoms with Gasteiger partial charge in [-0.1, -0.05) is 6.07 Å². The summed E-state index contributed by atoms with van der Waals surface area (Å²) in [7, 11) is 0. The van der Waals surface area contributed by atoms with Crippen molar-refractivity contribution >= 4 is 11.9 Å². The summed E-state index contributed by atoms with van der Waals surface area (Å²) in [6, 6.07) is 3.09. The molecular weight excluding hydrogens is 213 g/mol. The van der Waals surface area contributed by atoms with Gasteiger partial charge in [-0.05, 0) is 31.5 Å². The SMILES string of the molecule is Cc1c(F)cccc1C(=O)NC(C)C(=O)O. The summed E-state index contributed by atoms with van der Waals surface area (Å²) in [5.41, 5.74) is 0.352. The second kappa shape index (κ2) is 4.74. The number of aliphatic carboxylic acids is 1. The normalized spacial score (nSPS) is 11.9. The molecule has 16 heavy (non-hydrogen) atoms. The summed E-state index contributed by atoms with van der Waals surface area (Å²) in [5.74, 6) is -2.22. The zero-order chi connectivity index (χ0) is 12.3. The molecule has 0 saturated carbocycles. The Kier molecular flexibility index (Phi) is 3.60. The van der Waals surface area contributed by atoms with Gasteiger partial charge in [-0.2, -0.15) is 0 Å². The molecule has 0 aromatic heterocycles. The fraction of sp³-hybridized carbons (Fsp3) is 0.273. The van der Waals surface area contributed by atoms with Gasteiger partial charge in [0.05, 0.1) is 0 Å². The van der Waals surface area contributed by atoms with Gasteiger partial charge in [0.15, 0.2) is 0 Å². The van der Waals surface area contributed by atoms with Crippen molar-refractivity contribution in [3.05, 3.63) is 35.1 Å². The zero-order valence-electron chi connectivity index (χ0n) is 8.95. The molecule has 1 rings (SSSR count). The highest BCUT2D eigenvalue weighted by Crippen LogP contribution is 2.11. The van der Waals surface area contributed by atoms with Crippen LogP contribution in [0.1, 0.15) is 22.8 Å². The molecule has 0 fully saturated rings. The number of carbonyl (C=O) groups is 2. The van der Waals surface area contributed by atoms with Crippen molar-refractivity contribution in [2.45, 2.75) is 19.9 Å². The predicted molar refractivity (Wildman–Crippen MR) is 55.7 cm³/mol. The maximum Gasteiger partial charge on any atom is 0.325 e. The lowest BCUT2D eigenvalue weighted by atomic mass is 10.1. The number of hydrogen-bond donors (Lipinski definition) is 2. The van der Waals surface area contributed by atoms with Crippen LogP contribution in [0.25, 0.3) is 0 Å². The van der Waals surface area contributed by atoms with E-state index in [0.29, 0.717) is 0 Å². The Morgan fingerprint density at radius 1 is 1.44 bits per heavy atom. The first-order chi connectivity index (χ1) is 7.43. The minimum atomic E-state index is -1.14. The summed E-state index contributed by atoms with van der Waals surface area (Å²) in [4.78, 5) is 22.1. The Bertz CT molecular complexity index is 431. The summed E-state index contributed by atoms with van der Waals surface area (Å²) in [6.07, 6.45) is 0. The van der Waals surface area contributed by atoms with Crippen molar-refractivity contribution < 1.29 is 19.1 Å². The molecule has 0 heterocycles. The van der Waals surface area contributed by atoms with E-state index in [4.69, 9.17) is 5.11 Å². The first kappa shape index (κ1) is 12.2. The van der Waals surface area contributed by atoms with Crippen LogP contribution in [0.2, 0.25) is 0 Å². The van der Waals surface area contributed by atoms with Gasteiger partial charge in [-0.25, -0.2) is 4.39 Å². The van der Waals surface area contributed by atoms with E-state index in [1.807, 2.05) is 0 Å².